The first-order valence-electron chi connectivity index (χ1n) is 6.55. The lowest BCUT2D eigenvalue weighted by molar-refractivity contribution is -0.113. The summed E-state index contributed by atoms with van der Waals surface area (Å²) in [4.78, 5) is 23.5. The molecule has 0 saturated carbocycles. The molecule has 0 heterocycles. The standard InChI is InChI=1S/C16H20BrNO3/c1-10(11(2)19)14(12-6-8-13(17)9-7-12)18-15(20)21-16(3,4)5/h6-9,14H,1H2,2-5H3,(H,18,20)/t14-/m1/s1. The van der Waals surface area contributed by atoms with Gasteiger partial charge in [-0.3, -0.25) is 4.79 Å². The van der Waals surface area contributed by atoms with Crippen molar-refractivity contribution in [2.45, 2.75) is 39.3 Å². The SMILES string of the molecule is C=C(C(C)=O)[C@@H](NC(=O)OC(C)(C)C)c1ccc(Br)cc1. The molecule has 114 valence electrons. The number of ketones is 1. The Morgan fingerprint density at radius 3 is 2.19 bits per heavy atom. The number of amides is 1. The molecule has 0 radical (unpaired) electrons. The predicted molar refractivity (Wildman–Crippen MR) is 86.1 cm³/mol. The normalized spacial score (nSPS) is 12.4. The van der Waals surface area contributed by atoms with Crippen molar-refractivity contribution in [2.75, 3.05) is 0 Å². The van der Waals surface area contributed by atoms with E-state index in [1.54, 1.807) is 20.8 Å². The molecule has 0 aliphatic heterocycles. The summed E-state index contributed by atoms with van der Waals surface area (Å²) >= 11 is 3.35. The van der Waals surface area contributed by atoms with Gasteiger partial charge in [-0.05, 0) is 45.4 Å². The molecule has 1 aromatic carbocycles. The van der Waals surface area contributed by atoms with Crippen LogP contribution in [0.4, 0.5) is 4.79 Å². The highest BCUT2D eigenvalue weighted by Gasteiger charge is 2.24. The molecule has 1 amide bonds. The third-order valence-corrected chi connectivity index (χ3v) is 3.19. The molecule has 1 atom stereocenters. The number of benzene rings is 1. The highest BCUT2D eigenvalue weighted by molar-refractivity contribution is 9.10. The van der Waals surface area contributed by atoms with Crippen molar-refractivity contribution < 1.29 is 14.3 Å². The van der Waals surface area contributed by atoms with Gasteiger partial charge in [0.15, 0.2) is 5.78 Å². The molecule has 21 heavy (non-hydrogen) atoms. The van der Waals surface area contributed by atoms with Gasteiger partial charge in [-0.2, -0.15) is 0 Å². The summed E-state index contributed by atoms with van der Waals surface area (Å²) in [5.41, 5.74) is 0.471. The van der Waals surface area contributed by atoms with Gasteiger partial charge in [0.05, 0.1) is 6.04 Å². The second kappa shape index (κ2) is 6.89. The van der Waals surface area contributed by atoms with E-state index >= 15 is 0 Å². The van der Waals surface area contributed by atoms with Crippen LogP contribution in [0.1, 0.15) is 39.3 Å². The second-order valence-corrected chi connectivity index (χ2v) is 6.63. The van der Waals surface area contributed by atoms with Crippen LogP contribution in [-0.2, 0) is 9.53 Å². The van der Waals surface area contributed by atoms with Crippen molar-refractivity contribution >= 4 is 27.8 Å². The van der Waals surface area contributed by atoms with E-state index in [2.05, 4.69) is 27.8 Å². The Balaban J connectivity index is 2.98. The summed E-state index contributed by atoms with van der Waals surface area (Å²) in [5.74, 6) is -0.182. The molecule has 5 heteroatoms. The molecule has 1 rings (SSSR count). The van der Waals surface area contributed by atoms with Crippen LogP contribution in [-0.4, -0.2) is 17.5 Å². The zero-order valence-corrected chi connectivity index (χ0v) is 14.3. The van der Waals surface area contributed by atoms with Gasteiger partial charge in [0, 0.05) is 10.0 Å². The molecule has 4 nitrogen and oxygen atoms in total. The molecule has 0 aromatic heterocycles. The van der Waals surface area contributed by atoms with Crippen LogP contribution in [0.5, 0.6) is 0 Å². The second-order valence-electron chi connectivity index (χ2n) is 5.71. The van der Waals surface area contributed by atoms with Gasteiger partial charge in [-0.15, -0.1) is 0 Å². The Morgan fingerprint density at radius 1 is 1.24 bits per heavy atom. The van der Waals surface area contributed by atoms with E-state index in [0.29, 0.717) is 5.57 Å². The quantitative estimate of drug-likeness (QED) is 0.826. The van der Waals surface area contributed by atoms with Gasteiger partial charge in [0.1, 0.15) is 5.60 Å². The highest BCUT2D eigenvalue weighted by atomic mass is 79.9. The predicted octanol–water partition coefficient (Wildman–Crippen LogP) is 4.16. The number of halogens is 1. The average Bonchev–Trinajstić information content (AvgIpc) is 2.34. The van der Waals surface area contributed by atoms with Gasteiger partial charge in [-0.25, -0.2) is 4.79 Å². The summed E-state index contributed by atoms with van der Waals surface area (Å²) in [7, 11) is 0. The van der Waals surface area contributed by atoms with E-state index in [9.17, 15) is 9.59 Å². The van der Waals surface area contributed by atoms with Crippen LogP contribution in [0.25, 0.3) is 0 Å². The first kappa shape index (κ1) is 17.4. The number of carbonyl (C=O) groups is 2. The minimum atomic E-state index is -0.606. The van der Waals surface area contributed by atoms with E-state index in [-0.39, 0.29) is 5.78 Å². The lowest BCUT2D eigenvalue weighted by atomic mass is 9.97. The minimum absolute atomic E-state index is 0.182. The number of rotatable bonds is 4. The summed E-state index contributed by atoms with van der Waals surface area (Å²) in [6, 6.07) is 6.71. The van der Waals surface area contributed by atoms with Gasteiger partial charge in [0.2, 0.25) is 0 Å². The molecule has 0 bridgehead atoms. The van der Waals surface area contributed by atoms with Crippen molar-refractivity contribution in [3.63, 3.8) is 0 Å². The number of hydrogen-bond acceptors (Lipinski definition) is 3. The van der Waals surface area contributed by atoms with Crippen LogP contribution in [0.15, 0.2) is 40.9 Å². The van der Waals surface area contributed by atoms with Gasteiger partial charge >= 0.3 is 6.09 Å². The van der Waals surface area contributed by atoms with E-state index < -0.39 is 17.7 Å². The summed E-state index contributed by atoms with van der Waals surface area (Å²) < 4.78 is 6.14. The van der Waals surface area contributed by atoms with Gasteiger partial charge in [0.25, 0.3) is 0 Å². The van der Waals surface area contributed by atoms with E-state index in [0.717, 1.165) is 10.0 Å². The number of hydrogen-bond donors (Lipinski definition) is 1. The van der Waals surface area contributed by atoms with Crippen LogP contribution < -0.4 is 5.32 Å². The number of alkyl carbamates (subject to hydrolysis) is 1. The van der Waals surface area contributed by atoms with Crippen LogP contribution in [0.3, 0.4) is 0 Å². The van der Waals surface area contributed by atoms with Crippen molar-refractivity contribution in [3.8, 4) is 0 Å². The smallest absolute Gasteiger partial charge is 0.408 e. The maximum absolute atomic E-state index is 11.9. The third kappa shape index (κ3) is 5.71. The van der Waals surface area contributed by atoms with Crippen LogP contribution >= 0.6 is 15.9 Å². The van der Waals surface area contributed by atoms with Crippen molar-refractivity contribution in [1.29, 1.82) is 0 Å². The molecular weight excluding hydrogens is 334 g/mol. The number of ether oxygens (including phenoxy) is 1. The molecule has 0 unspecified atom stereocenters. The van der Waals surface area contributed by atoms with Crippen molar-refractivity contribution in [2.24, 2.45) is 0 Å². The zero-order chi connectivity index (χ0) is 16.2. The minimum Gasteiger partial charge on any atom is -0.444 e. The number of carbonyl (C=O) groups excluding carboxylic acids is 2. The zero-order valence-electron chi connectivity index (χ0n) is 12.7. The first-order chi connectivity index (χ1) is 9.60. The molecule has 0 aliphatic rings. The fraction of sp³-hybridized carbons (Fsp3) is 0.375. The maximum atomic E-state index is 11.9. The maximum Gasteiger partial charge on any atom is 0.408 e. The Hall–Kier alpha value is -1.62. The fourth-order valence-corrected chi connectivity index (χ4v) is 1.92. The number of Topliss-reactive ketones (excluding diaryl/α,β-unsaturated/α-hetero) is 1. The first-order valence-corrected chi connectivity index (χ1v) is 7.34. The lowest BCUT2D eigenvalue weighted by Gasteiger charge is -2.24. The fourth-order valence-electron chi connectivity index (χ4n) is 1.66. The molecule has 1 N–H and O–H groups in total. The Bertz CT molecular complexity index is 544. The molecule has 0 saturated heterocycles. The molecule has 0 spiro atoms. The van der Waals surface area contributed by atoms with Crippen molar-refractivity contribution in [1.82, 2.24) is 5.32 Å². The molecular formula is C16H20BrNO3. The van der Waals surface area contributed by atoms with E-state index in [1.165, 1.54) is 6.92 Å². The van der Waals surface area contributed by atoms with Crippen molar-refractivity contribution in [3.05, 3.63) is 46.5 Å². The lowest BCUT2D eigenvalue weighted by Crippen LogP contribution is -2.36. The highest BCUT2D eigenvalue weighted by Crippen LogP contribution is 2.23. The largest absolute Gasteiger partial charge is 0.444 e. The van der Waals surface area contributed by atoms with E-state index in [1.807, 2.05) is 24.3 Å². The Kier molecular flexibility index (Phi) is 5.72. The van der Waals surface area contributed by atoms with Crippen LogP contribution in [0, 0.1) is 0 Å². The number of nitrogens with one attached hydrogen (secondary N) is 1. The molecule has 0 aliphatic carbocycles. The van der Waals surface area contributed by atoms with Gasteiger partial charge < -0.3 is 10.1 Å². The summed E-state index contributed by atoms with van der Waals surface area (Å²) in [6.07, 6.45) is -0.585. The van der Waals surface area contributed by atoms with Crippen LogP contribution in [0.2, 0.25) is 0 Å². The topological polar surface area (TPSA) is 55.4 Å². The summed E-state index contributed by atoms with van der Waals surface area (Å²) in [6.45, 7) is 10.5. The van der Waals surface area contributed by atoms with Gasteiger partial charge in [-0.1, -0.05) is 34.6 Å². The Morgan fingerprint density at radius 2 is 1.76 bits per heavy atom. The summed E-state index contributed by atoms with van der Waals surface area (Å²) in [5, 5.41) is 2.69. The third-order valence-electron chi connectivity index (χ3n) is 2.67. The average molecular weight is 354 g/mol. The molecule has 1 aromatic rings. The monoisotopic (exact) mass is 353 g/mol. The Labute approximate surface area is 133 Å². The van der Waals surface area contributed by atoms with E-state index in [4.69, 9.17) is 4.74 Å². The molecule has 0 fully saturated rings.